The maximum Gasteiger partial charge on any atom is 0.338 e. The number of aliphatic carboxylic acids is 2. The second-order valence-electron chi connectivity index (χ2n) is 3.45. The van der Waals surface area contributed by atoms with Gasteiger partial charge in [-0.15, -0.1) is 0 Å². The first kappa shape index (κ1) is 10.9. The summed E-state index contributed by atoms with van der Waals surface area (Å²) in [7, 11) is 0. The Hall–Kier alpha value is -2.56. The van der Waals surface area contributed by atoms with Crippen LogP contribution in [0.4, 0.5) is 0 Å². The number of carboxylic acids is 2. The lowest BCUT2D eigenvalue weighted by molar-refractivity contribution is -0.133. The molecule has 0 aliphatic carbocycles. The highest BCUT2D eigenvalue weighted by Crippen LogP contribution is 2.24. The molecular weight excluding hydrogens is 222 g/mol. The highest BCUT2D eigenvalue weighted by molar-refractivity contribution is 6.22. The number of aromatic nitrogens is 1. The summed E-state index contributed by atoms with van der Waals surface area (Å²) in [5.74, 6) is -2.57. The zero-order chi connectivity index (χ0) is 12.4. The van der Waals surface area contributed by atoms with Crippen molar-refractivity contribution in [3.8, 4) is 0 Å². The minimum absolute atomic E-state index is 0.265. The number of H-pyrrole nitrogens is 1. The van der Waals surface area contributed by atoms with Crippen LogP contribution in [0.15, 0.2) is 36.5 Å². The molecule has 0 atom stereocenters. The van der Waals surface area contributed by atoms with Crippen LogP contribution in [0.2, 0.25) is 0 Å². The smallest absolute Gasteiger partial charge is 0.338 e. The number of carboxylic acid groups (broad SMARTS) is 2. The molecule has 0 radical (unpaired) electrons. The van der Waals surface area contributed by atoms with Gasteiger partial charge in [0.1, 0.15) is 0 Å². The van der Waals surface area contributed by atoms with Crippen molar-refractivity contribution in [2.24, 2.45) is 0 Å². The summed E-state index contributed by atoms with van der Waals surface area (Å²) in [6, 6.07) is 7.14. The van der Waals surface area contributed by atoms with E-state index in [9.17, 15) is 9.59 Å². The Bertz CT molecular complexity index is 624. The van der Waals surface area contributed by atoms with Gasteiger partial charge in [0.05, 0.1) is 11.3 Å². The third-order valence-corrected chi connectivity index (χ3v) is 2.37. The lowest BCUT2D eigenvalue weighted by Crippen LogP contribution is -2.03. The first-order valence-electron chi connectivity index (χ1n) is 4.84. The van der Waals surface area contributed by atoms with E-state index in [-0.39, 0.29) is 5.57 Å². The molecule has 5 nitrogen and oxygen atoms in total. The van der Waals surface area contributed by atoms with Crippen LogP contribution in [0.1, 0.15) is 5.69 Å². The Morgan fingerprint density at radius 2 is 1.88 bits per heavy atom. The van der Waals surface area contributed by atoms with E-state index in [0.717, 1.165) is 5.39 Å². The Morgan fingerprint density at radius 1 is 1.18 bits per heavy atom. The van der Waals surface area contributed by atoms with Crippen molar-refractivity contribution >= 4 is 28.3 Å². The zero-order valence-electron chi connectivity index (χ0n) is 8.68. The SMILES string of the molecule is O=C(O)/C=C(/C(=O)O)c1[nH]cc2ccccc12. The van der Waals surface area contributed by atoms with Crippen molar-refractivity contribution < 1.29 is 19.8 Å². The molecule has 1 aromatic carbocycles. The van der Waals surface area contributed by atoms with Gasteiger partial charge in [-0.3, -0.25) is 0 Å². The molecule has 0 amide bonds. The highest BCUT2D eigenvalue weighted by atomic mass is 16.4. The molecule has 0 aliphatic heterocycles. The summed E-state index contributed by atoms with van der Waals surface area (Å²) in [6.07, 6.45) is 2.32. The van der Waals surface area contributed by atoms with E-state index in [1.807, 2.05) is 12.1 Å². The van der Waals surface area contributed by atoms with E-state index >= 15 is 0 Å². The lowest BCUT2D eigenvalue weighted by atomic mass is 10.1. The Morgan fingerprint density at radius 3 is 2.53 bits per heavy atom. The molecule has 17 heavy (non-hydrogen) atoms. The van der Waals surface area contributed by atoms with Gasteiger partial charge in [0.25, 0.3) is 0 Å². The van der Waals surface area contributed by atoms with Gasteiger partial charge in [0, 0.05) is 17.7 Å². The average Bonchev–Trinajstić information content (AvgIpc) is 2.69. The largest absolute Gasteiger partial charge is 0.478 e. The molecule has 3 N–H and O–H groups in total. The first-order valence-corrected chi connectivity index (χ1v) is 4.84. The van der Waals surface area contributed by atoms with Gasteiger partial charge in [-0.1, -0.05) is 24.3 Å². The van der Waals surface area contributed by atoms with Gasteiger partial charge in [-0.05, 0) is 5.39 Å². The van der Waals surface area contributed by atoms with E-state index in [1.165, 1.54) is 0 Å². The molecular formula is C12H9NO4. The number of hydrogen-bond acceptors (Lipinski definition) is 2. The molecule has 1 aromatic heterocycles. The topological polar surface area (TPSA) is 90.4 Å². The van der Waals surface area contributed by atoms with Gasteiger partial charge in [0.15, 0.2) is 0 Å². The second-order valence-corrected chi connectivity index (χ2v) is 3.45. The van der Waals surface area contributed by atoms with Crippen molar-refractivity contribution in [3.05, 3.63) is 42.2 Å². The predicted molar refractivity (Wildman–Crippen MR) is 61.5 cm³/mol. The summed E-state index contributed by atoms with van der Waals surface area (Å²) in [5, 5.41) is 19.2. The van der Waals surface area contributed by atoms with Gasteiger partial charge in [-0.2, -0.15) is 0 Å². The van der Waals surface area contributed by atoms with E-state index in [1.54, 1.807) is 18.3 Å². The van der Waals surface area contributed by atoms with Crippen molar-refractivity contribution in [1.29, 1.82) is 0 Å². The van der Waals surface area contributed by atoms with Crippen LogP contribution in [-0.2, 0) is 9.59 Å². The predicted octanol–water partition coefficient (Wildman–Crippen LogP) is 1.72. The fourth-order valence-corrected chi connectivity index (χ4v) is 1.67. The van der Waals surface area contributed by atoms with Crippen molar-refractivity contribution in [1.82, 2.24) is 4.98 Å². The van der Waals surface area contributed by atoms with E-state index in [0.29, 0.717) is 17.2 Å². The van der Waals surface area contributed by atoms with Crippen molar-refractivity contribution in [3.63, 3.8) is 0 Å². The summed E-state index contributed by atoms with van der Waals surface area (Å²) in [4.78, 5) is 24.4. The third kappa shape index (κ3) is 2.03. The Labute approximate surface area is 96.0 Å². The average molecular weight is 231 g/mol. The zero-order valence-corrected chi connectivity index (χ0v) is 8.68. The number of carbonyl (C=O) groups is 2. The van der Waals surface area contributed by atoms with Crippen LogP contribution >= 0.6 is 0 Å². The molecule has 2 aromatic rings. The molecule has 0 aliphatic rings. The molecule has 86 valence electrons. The molecule has 0 unspecified atom stereocenters. The quantitative estimate of drug-likeness (QED) is 0.701. The third-order valence-electron chi connectivity index (χ3n) is 2.37. The maximum atomic E-state index is 11.0. The first-order chi connectivity index (χ1) is 8.09. The van der Waals surface area contributed by atoms with Gasteiger partial charge in [0.2, 0.25) is 0 Å². The van der Waals surface area contributed by atoms with E-state index < -0.39 is 11.9 Å². The molecule has 2 rings (SSSR count). The lowest BCUT2D eigenvalue weighted by Gasteiger charge is -1.99. The number of aromatic amines is 1. The van der Waals surface area contributed by atoms with Crippen LogP contribution < -0.4 is 0 Å². The number of hydrogen-bond donors (Lipinski definition) is 3. The minimum Gasteiger partial charge on any atom is -0.478 e. The van der Waals surface area contributed by atoms with E-state index in [4.69, 9.17) is 10.2 Å². The monoisotopic (exact) mass is 231 g/mol. The van der Waals surface area contributed by atoms with Crippen LogP contribution in [0, 0.1) is 0 Å². The summed E-state index contributed by atoms with van der Waals surface area (Å²) in [6.45, 7) is 0. The van der Waals surface area contributed by atoms with Gasteiger partial charge in [-0.25, -0.2) is 9.59 Å². The molecule has 0 saturated heterocycles. The standard InChI is InChI=1S/C12H9NO4/c14-10(15)5-9(12(16)17)11-8-4-2-1-3-7(8)6-13-11/h1-6,13H,(H,14,15)(H,16,17)/b9-5+. The fraction of sp³-hybridized carbons (Fsp3) is 0. The van der Waals surface area contributed by atoms with Crippen molar-refractivity contribution in [2.45, 2.75) is 0 Å². The number of nitrogens with one attached hydrogen (secondary N) is 1. The molecule has 0 fully saturated rings. The van der Waals surface area contributed by atoms with Crippen LogP contribution in [-0.4, -0.2) is 27.1 Å². The maximum absolute atomic E-state index is 11.0. The molecule has 0 bridgehead atoms. The van der Waals surface area contributed by atoms with Crippen molar-refractivity contribution in [2.75, 3.05) is 0 Å². The van der Waals surface area contributed by atoms with Gasteiger partial charge < -0.3 is 15.2 Å². The number of rotatable bonds is 3. The summed E-state index contributed by atoms with van der Waals surface area (Å²) in [5.41, 5.74) is 0.0363. The Balaban J connectivity index is 2.65. The highest BCUT2D eigenvalue weighted by Gasteiger charge is 2.16. The normalized spacial score (nSPS) is 11.6. The molecule has 0 saturated carbocycles. The molecule has 0 spiro atoms. The second kappa shape index (κ2) is 4.13. The van der Waals surface area contributed by atoms with Crippen LogP contribution in [0.3, 0.4) is 0 Å². The number of benzene rings is 1. The minimum atomic E-state index is -1.29. The summed E-state index contributed by atoms with van der Waals surface area (Å²) < 4.78 is 0. The van der Waals surface area contributed by atoms with Gasteiger partial charge >= 0.3 is 11.9 Å². The number of fused-ring (bicyclic) bond motifs is 1. The van der Waals surface area contributed by atoms with E-state index in [2.05, 4.69) is 4.98 Å². The Kier molecular flexibility index (Phi) is 2.66. The fourth-order valence-electron chi connectivity index (χ4n) is 1.67. The van der Waals surface area contributed by atoms with Crippen LogP contribution in [0.5, 0.6) is 0 Å². The summed E-state index contributed by atoms with van der Waals surface area (Å²) >= 11 is 0. The molecule has 1 heterocycles. The van der Waals surface area contributed by atoms with Crippen LogP contribution in [0.25, 0.3) is 16.3 Å². The molecule has 5 heteroatoms.